The molecule has 0 amide bonds. The van der Waals surface area contributed by atoms with Crippen LogP contribution in [-0.4, -0.2) is 5.92 Å². The van der Waals surface area contributed by atoms with Crippen molar-refractivity contribution in [2.24, 2.45) is 0 Å². The molecule has 32 heavy (non-hydrogen) atoms. The van der Waals surface area contributed by atoms with Crippen LogP contribution in [0.2, 0.25) is 0 Å². The summed E-state index contributed by atoms with van der Waals surface area (Å²) in [5.74, 6) is -0.831. The number of hydrogen-bond acceptors (Lipinski definition) is 0. The maximum absolute atomic E-state index is 14.6. The van der Waals surface area contributed by atoms with Crippen LogP contribution in [0.1, 0.15) is 86.5 Å². The molecule has 0 bridgehead atoms. The first-order chi connectivity index (χ1) is 15.3. The van der Waals surface area contributed by atoms with Gasteiger partial charge in [0.15, 0.2) is 11.6 Å². The maximum atomic E-state index is 14.6. The van der Waals surface area contributed by atoms with Gasteiger partial charge < -0.3 is 0 Å². The summed E-state index contributed by atoms with van der Waals surface area (Å²) in [7, 11) is 0. The van der Waals surface area contributed by atoms with E-state index in [1.54, 1.807) is 6.07 Å². The molecule has 0 heterocycles. The molecule has 0 unspecified atom stereocenters. The molecule has 0 aliphatic heterocycles. The van der Waals surface area contributed by atoms with Crippen LogP contribution in [0, 0.1) is 29.3 Å². The minimum Gasteiger partial charge on any atom is -0.207 e. The first kappa shape index (κ1) is 24.0. The van der Waals surface area contributed by atoms with Gasteiger partial charge in [-0.15, -0.1) is 0 Å². The number of halogens is 5. The fourth-order valence-corrected chi connectivity index (χ4v) is 3.93. The number of benzene rings is 2. The molecule has 1 aliphatic carbocycles. The normalized spacial score (nSPS) is 16.2. The van der Waals surface area contributed by atoms with E-state index in [-0.39, 0.29) is 42.4 Å². The SMILES string of the molecule is CCCCC/C=C/c1ccc(C#Cc2ccc(C3CCC(F)(F)CC3)c(F)c2F)c(F)c1. The summed E-state index contributed by atoms with van der Waals surface area (Å²) in [6.45, 7) is 2.13. The quantitative estimate of drug-likeness (QED) is 0.237. The van der Waals surface area contributed by atoms with Crippen LogP contribution < -0.4 is 0 Å². The van der Waals surface area contributed by atoms with E-state index >= 15 is 0 Å². The van der Waals surface area contributed by atoms with Gasteiger partial charge in [0.1, 0.15) is 5.82 Å². The van der Waals surface area contributed by atoms with Gasteiger partial charge in [0, 0.05) is 12.8 Å². The Bertz CT molecular complexity index is 1020. The van der Waals surface area contributed by atoms with Gasteiger partial charge in [0.05, 0.1) is 11.1 Å². The van der Waals surface area contributed by atoms with E-state index in [4.69, 9.17) is 0 Å². The minimum atomic E-state index is -2.73. The Morgan fingerprint density at radius 2 is 1.62 bits per heavy atom. The topological polar surface area (TPSA) is 0 Å². The van der Waals surface area contributed by atoms with E-state index in [1.165, 1.54) is 24.3 Å². The first-order valence-corrected chi connectivity index (χ1v) is 11.1. The predicted molar refractivity (Wildman–Crippen MR) is 118 cm³/mol. The van der Waals surface area contributed by atoms with E-state index in [1.807, 2.05) is 12.2 Å². The van der Waals surface area contributed by atoms with Crippen molar-refractivity contribution in [3.63, 3.8) is 0 Å². The molecule has 0 saturated heterocycles. The van der Waals surface area contributed by atoms with Crippen LogP contribution in [-0.2, 0) is 0 Å². The molecule has 0 N–H and O–H groups in total. The molecule has 1 saturated carbocycles. The lowest BCUT2D eigenvalue weighted by Crippen LogP contribution is -2.24. The molecule has 170 valence electrons. The standard InChI is InChI=1S/C27H27F5/c1-2-3-4-5-6-7-19-8-9-21(24(28)18-19)10-11-22-12-13-23(26(30)25(22)29)20-14-16-27(31,32)17-15-20/h6-9,12-13,18,20H,2-5,14-17H2,1H3/b7-6+. The summed E-state index contributed by atoms with van der Waals surface area (Å²) in [6, 6.07) is 7.33. The lowest BCUT2D eigenvalue weighted by atomic mass is 9.82. The number of unbranched alkanes of at least 4 members (excludes halogenated alkanes) is 3. The lowest BCUT2D eigenvalue weighted by Gasteiger charge is -2.28. The van der Waals surface area contributed by atoms with Crippen LogP contribution in [0.4, 0.5) is 22.0 Å². The monoisotopic (exact) mass is 446 g/mol. The Balaban J connectivity index is 1.72. The van der Waals surface area contributed by atoms with Gasteiger partial charge >= 0.3 is 0 Å². The van der Waals surface area contributed by atoms with Crippen molar-refractivity contribution in [2.45, 2.75) is 70.1 Å². The summed E-state index contributed by atoms with van der Waals surface area (Å²) in [6.07, 6.45) is 7.73. The van der Waals surface area contributed by atoms with Gasteiger partial charge in [-0.25, -0.2) is 22.0 Å². The van der Waals surface area contributed by atoms with Crippen LogP contribution in [0.25, 0.3) is 6.08 Å². The molecule has 0 nitrogen and oxygen atoms in total. The van der Waals surface area contributed by atoms with Crippen molar-refractivity contribution in [1.82, 2.24) is 0 Å². The zero-order valence-electron chi connectivity index (χ0n) is 18.2. The zero-order valence-corrected chi connectivity index (χ0v) is 18.2. The van der Waals surface area contributed by atoms with E-state index in [0.717, 1.165) is 25.7 Å². The Hall–Kier alpha value is -2.61. The van der Waals surface area contributed by atoms with Crippen LogP contribution in [0.5, 0.6) is 0 Å². The zero-order chi connectivity index (χ0) is 23.1. The Morgan fingerprint density at radius 3 is 2.31 bits per heavy atom. The van der Waals surface area contributed by atoms with Crippen molar-refractivity contribution in [2.75, 3.05) is 0 Å². The Labute approximate surface area is 186 Å². The number of allylic oxidation sites excluding steroid dienone is 1. The number of rotatable bonds is 6. The first-order valence-electron chi connectivity index (χ1n) is 11.1. The highest BCUT2D eigenvalue weighted by Gasteiger charge is 2.36. The highest BCUT2D eigenvalue weighted by Crippen LogP contribution is 2.41. The predicted octanol–water partition coefficient (Wildman–Crippen LogP) is 8.39. The summed E-state index contributed by atoms with van der Waals surface area (Å²) in [5, 5.41) is 0. The van der Waals surface area contributed by atoms with Gasteiger partial charge in [0.25, 0.3) is 0 Å². The molecule has 2 aromatic carbocycles. The molecule has 0 spiro atoms. The summed E-state index contributed by atoms with van der Waals surface area (Å²) < 4.78 is 70.2. The average molecular weight is 447 g/mol. The van der Waals surface area contributed by atoms with E-state index in [9.17, 15) is 22.0 Å². The summed E-state index contributed by atoms with van der Waals surface area (Å²) >= 11 is 0. The van der Waals surface area contributed by atoms with E-state index < -0.39 is 29.3 Å². The van der Waals surface area contributed by atoms with Gasteiger partial charge in [-0.1, -0.05) is 55.9 Å². The van der Waals surface area contributed by atoms with Gasteiger partial charge in [-0.3, -0.25) is 0 Å². The highest BCUT2D eigenvalue weighted by atomic mass is 19.3. The van der Waals surface area contributed by atoms with Gasteiger partial charge in [-0.05, 0) is 60.9 Å². The molecule has 5 heteroatoms. The molecule has 0 radical (unpaired) electrons. The van der Waals surface area contributed by atoms with Crippen LogP contribution in [0.15, 0.2) is 36.4 Å². The second kappa shape index (κ2) is 10.8. The van der Waals surface area contributed by atoms with E-state index in [2.05, 4.69) is 18.8 Å². The molecular formula is C27H27F5. The lowest BCUT2D eigenvalue weighted by molar-refractivity contribution is -0.0384. The highest BCUT2D eigenvalue weighted by molar-refractivity contribution is 5.53. The summed E-state index contributed by atoms with van der Waals surface area (Å²) in [4.78, 5) is 0. The third kappa shape index (κ3) is 6.22. The third-order valence-corrected chi connectivity index (χ3v) is 5.88. The number of hydrogen-bond donors (Lipinski definition) is 0. The van der Waals surface area contributed by atoms with Crippen molar-refractivity contribution in [3.8, 4) is 11.8 Å². The van der Waals surface area contributed by atoms with Crippen molar-refractivity contribution < 1.29 is 22.0 Å². The second-order valence-corrected chi connectivity index (χ2v) is 8.35. The molecule has 2 aromatic rings. The third-order valence-electron chi connectivity index (χ3n) is 5.88. The Morgan fingerprint density at radius 1 is 0.938 bits per heavy atom. The number of alkyl halides is 2. The fourth-order valence-electron chi connectivity index (χ4n) is 3.93. The smallest absolute Gasteiger partial charge is 0.207 e. The van der Waals surface area contributed by atoms with Gasteiger partial charge in [0.2, 0.25) is 5.92 Å². The van der Waals surface area contributed by atoms with Crippen LogP contribution >= 0.6 is 0 Å². The van der Waals surface area contributed by atoms with Crippen LogP contribution in [0.3, 0.4) is 0 Å². The molecular weight excluding hydrogens is 419 g/mol. The minimum absolute atomic E-state index is 0.0894. The largest absolute Gasteiger partial charge is 0.248 e. The molecule has 0 atom stereocenters. The molecule has 0 aromatic heterocycles. The molecule has 1 aliphatic rings. The molecule has 3 rings (SSSR count). The van der Waals surface area contributed by atoms with Crippen molar-refractivity contribution >= 4 is 6.08 Å². The van der Waals surface area contributed by atoms with Crippen molar-refractivity contribution in [1.29, 1.82) is 0 Å². The van der Waals surface area contributed by atoms with E-state index in [0.29, 0.717) is 5.56 Å². The maximum Gasteiger partial charge on any atom is 0.248 e. The van der Waals surface area contributed by atoms with Gasteiger partial charge in [-0.2, -0.15) is 0 Å². The second-order valence-electron chi connectivity index (χ2n) is 8.35. The average Bonchev–Trinajstić information content (AvgIpc) is 2.76. The fraction of sp³-hybridized carbons (Fsp3) is 0.407. The van der Waals surface area contributed by atoms with Crippen molar-refractivity contribution in [3.05, 3.63) is 76.1 Å². The Kier molecular flexibility index (Phi) is 8.12. The molecule has 1 fully saturated rings. The summed E-state index contributed by atoms with van der Waals surface area (Å²) in [5.41, 5.74) is 0.715.